The predicted octanol–water partition coefficient (Wildman–Crippen LogP) is 4.09. The number of thiazole rings is 1. The molecule has 1 heterocycles. The average molecular weight is 288 g/mol. The zero-order chi connectivity index (χ0) is 14.4. The van der Waals surface area contributed by atoms with Crippen LogP contribution in [0.4, 0.5) is 0 Å². The van der Waals surface area contributed by atoms with Crippen molar-refractivity contribution in [3.63, 3.8) is 0 Å². The van der Waals surface area contributed by atoms with Crippen molar-refractivity contribution in [3.05, 3.63) is 51.5 Å². The van der Waals surface area contributed by atoms with E-state index in [1.54, 1.807) is 0 Å². The minimum atomic E-state index is 0.530. The van der Waals surface area contributed by atoms with E-state index >= 15 is 0 Å². The van der Waals surface area contributed by atoms with E-state index in [1.807, 2.05) is 17.5 Å². The molecule has 0 aliphatic rings. The molecular formula is C17H24N2S. The molecule has 0 aliphatic heterocycles. The second-order valence-electron chi connectivity index (χ2n) is 5.31. The van der Waals surface area contributed by atoms with Crippen LogP contribution < -0.4 is 5.32 Å². The third-order valence-corrected chi connectivity index (χ3v) is 4.50. The van der Waals surface area contributed by atoms with Gasteiger partial charge in [0.05, 0.1) is 5.01 Å². The molecule has 2 nitrogen and oxygen atoms in total. The molecule has 0 aliphatic carbocycles. The molecule has 1 aromatic heterocycles. The molecule has 0 amide bonds. The Bertz CT molecular complexity index is 533. The average Bonchev–Trinajstić information content (AvgIpc) is 2.84. The Morgan fingerprint density at radius 3 is 2.70 bits per heavy atom. The van der Waals surface area contributed by atoms with Crippen LogP contribution in [0.2, 0.25) is 0 Å². The summed E-state index contributed by atoms with van der Waals surface area (Å²) in [6.45, 7) is 8.62. The fourth-order valence-electron chi connectivity index (χ4n) is 2.53. The van der Waals surface area contributed by atoms with E-state index in [0.29, 0.717) is 5.92 Å². The van der Waals surface area contributed by atoms with Crippen LogP contribution in [0.1, 0.15) is 40.3 Å². The molecule has 1 N–H and O–H groups in total. The molecule has 1 aromatic carbocycles. The topological polar surface area (TPSA) is 24.9 Å². The maximum atomic E-state index is 4.38. The van der Waals surface area contributed by atoms with Gasteiger partial charge in [0.1, 0.15) is 0 Å². The van der Waals surface area contributed by atoms with Gasteiger partial charge in [-0.15, -0.1) is 11.3 Å². The second-order valence-corrected chi connectivity index (χ2v) is 6.63. The highest BCUT2D eigenvalue weighted by molar-refractivity contribution is 7.11. The molecule has 0 saturated heterocycles. The van der Waals surface area contributed by atoms with Gasteiger partial charge >= 0.3 is 0 Å². The maximum absolute atomic E-state index is 4.38. The van der Waals surface area contributed by atoms with Gasteiger partial charge in [-0.2, -0.15) is 0 Å². The van der Waals surface area contributed by atoms with Crippen LogP contribution in [0.15, 0.2) is 30.5 Å². The number of hydrogen-bond donors (Lipinski definition) is 1. The first-order chi connectivity index (χ1) is 9.70. The van der Waals surface area contributed by atoms with E-state index in [9.17, 15) is 0 Å². The lowest BCUT2D eigenvalue weighted by Crippen LogP contribution is -2.24. The summed E-state index contributed by atoms with van der Waals surface area (Å²) >= 11 is 1.82. The summed E-state index contributed by atoms with van der Waals surface area (Å²) in [6, 6.07) is 8.74. The van der Waals surface area contributed by atoms with Gasteiger partial charge in [-0.3, -0.25) is 0 Å². The number of benzene rings is 1. The van der Waals surface area contributed by atoms with Crippen LogP contribution in [0.25, 0.3) is 0 Å². The van der Waals surface area contributed by atoms with Crippen molar-refractivity contribution in [1.82, 2.24) is 10.3 Å². The highest BCUT2D eigenvalue weighted by Crippen LogP contribution is 2.25. The smallest absolute Gasteiger partial charge is 0.0896 e. The second kappa shape index (κ2) is 7.55. The molecule has 2 rings (SSSR count). The molecule has 0 bridgehead atoms. The summed E-state index contributed by atoms with van der Waals surface area (Å²) in [4.78, 5) is 5.76. The molecule has 2 aromatic rings. The van der Waals surface area contributed by atoms with E-state index in [0.717, 1.165) is 24.5 Å². The highest BCUT2D eigenvalue weighted by Gasteiger charge is 2.15. The van der Waals surface area contributed by atoms with E-state index in [1.165, 1.54) is 22.4 Å². The van der Waals surface area contributed by atoms with Gasteiger partial charge in [-0.1, -0.05) is 31.2 Å². The molecule has 3 heteroatoms. The molecule has 1 atom stereocenters. The maximum Gasteiger partial charge on any atom is 0.0896 e. The van der Waals surface area contributed by atoms with Crippen molar-refractivity contribution in [2.45, 2.75) is 39.5 Å². The normalized spacial score (nSPS) is 12.6. The minimum Gasteiger partial charge on any atom is -0.316 e. The van der Waals surface area contributed by atoms with Crippen molar-refractivity contribution >= 4 is 11.3 Å². The SMILES string of the molecule is CCCNCC(Cc1cnc(C)s1)c1ccccc1C. The first kappa shape index (κ1) is 15.2. The van der Waals surface area contributed by atoms with Crippen molar-refractivity contribution in [2.24, 2.45) is 0 Å². The number of aromatic nitrogens is 1. The van der Waals surface area contributed by atoms with Crippen LogP contribution in [0, 0.1) is 13.8 Å². The van der Waals surface area contributed by atoms with Gasteiger partial charge in [0.15, 0.2) is 0 Å². The summed E-state index contributed by atoms with van der Waals surface area (Å²) in [7, 11) is 0. The van der Waals surface area contributed by atoms with E-state index in [-0.39, 0.29) is 0 Å². The molecular weight excluding hydrogens is 264 g/mol. The Morgan fingerprint density at radius 2 is 2.05 bits per heavy atom. The largest absolute Gasteiger partial charge is 0.316 e. The Labute approximate surface area is 126 Å². The van der Waals surface area contributed by atoms with Crippen LogP contribution in [-0.2, 0) is 6.42 Å². The van der Waals surface area contributed by atoms with Gasteiger partial charge in [-0.25, -0.2) is 4.98 Å². The molecule has 0 saturated carbocycles. The van der Waals surface area contributed by atoms with E-state index < -0.39 is 0 Å². The Morgan fingerprint density at radius 1 is 1.25 bits per heavy atom. The first-order valence-electron chi connectivity index (χ1n) is 7.38. The van der Waals surface area contributed by atoms with Gasteiger partial charge in [0.2, 0.25) is 0 Å². The van der Waals surface area contributed by atoms with Crippen molar-refractivity contribution in [1.29, 1.82) is 0 Å². The quantitative estimate of drug-likeness (QED) is 0.776. The molecule has 20 heavy (non-hydrogen) atoms. The van der Waals surface area contributed by atoms with Gasteiger partial charge in [-0.05, 0) is 44.4 Å². The fraction of sp³-hybridized carbons (Fsp3) is 0.471. The van der Waals surface area contributed by atoms with Crippen LogP contribution >= 0.6 is 11.3 Å². The lowest BCUT2D eigenvalue weighted by atomic mass is 9.91. The van der Waals surface area contributed by atoms with Crippen LogP contribution in [0.5, 0.6) is 0 Å². The Kier molecular flexibility index (Phi) is 5.74. The van der Waals surface area contributed by atoms with Gasteiger partial charge < -0.3 is 5.32 Å². The van der Waals surface area contributed by atoms with Crippen molar-refractivity contribution < 1.29 is 0 Å². The third kappa shape index (κ3) is 4.15. The fourth-order valence-corrected chi connectivity index (χ4v) is 3.41. The molecule has 1 unspecified atom stereocenters. The predicted molar refractivity (Wildman–Crippen MR) is 87.6 cm³/mol. The van der Waals surface area contributed by atoms with Gasteiger partial charge in [0.25, 0.3) is 0 Å². The minimum absolute atomic E-state index is 0.530. The highest BCUT2D eigenvalue weighted by atomic mass is 32.1. The number of nitrogens with zero attached hydrogens (tertiary/aromatic N) is 1. The molecule has 0 radical (unpaired) electrons. The Balaban J connectivity index is 2.13. The lowest BCUT2D eigenvalue weighted by Gasteiger charge is -2.19. The molecule has 0 spiro atoms. The zero-order valence-electron chi connectivity index (χ0n) is 12.6. The summed E-state index contributed by atoms with van der Waals surface area (Å²) in [6.07, 6.45) is 4.29. The summed E-state index contributed by atoms with van der Waals surface area (Å²) in [5, 5.41) is 4.73. The zero-order valence-corrected chi connectivity index (χ0v) is 13.5. The van der Waals surface area contributed by atoms with Crippen molar-refractivity contribution in [3.8, 4) is 0 Å². The number of aryl methyl sites for hydroxylation is 2. The summed E-state index contributed by atoms with van der Waals surface area (Å²) in [5.41, 5.74) is 2.85. The lowest BCUT2D eigenvalue weighted by molar-refractivity contribution is 0.577. The van der Waals surface area contributed by atoms with Crippen molar-refractivity contribution in [2.75, 3.05) is 13.1 Å². The number of rotatable bonds is 7. The number of hydrogen-bond acceptors (Lipinski definition) is 3. The Hall–Kier alpha value is -1.19. The molecule has 0 fully saturated rings. The summed E-state index contributed by atoms with van der Waals surface area (Å²) < 4.78 is 0. The standard InChI is InChI=1S/C17H24N2S/c1-4-9-18-11-15(10-16-12-19-14(3)20-16)17-8-6-5-7-13(17)2/h5-8,12,15,18H,4,9-11H2,1-3H3. The first-order valence-corrected chi connectivity index (χ1v) is 8.20. The van der Waals surface area contributed by atoms with E-state index in [2.05, 4.69) is 55.3 Å². The monoisotopic (exact) mass is 288 g/mol. The third-order valence-electron chi connectivity index (χ3n) is 3.56. The van der Waals surface area contributed by atoms with Gasteiger partial charge in [0, 0.05) is 23.5 Å². The summed E-state index contributed by atoms with van der Waals surface area (Å²) in [5.74, 6) is 0.530. The molecule has 108 valence electrons. The van der Waals surface area contributed by atoms with Crippen LogP contribution in [-0.4, -0.2) is 18.1 Å². The number of nitrogens with one attached hydrogen (secondary N) is 1. The van der Waals surface area contributed by atoms with E-state index in [4.69, 9.17) is 0 Å². The van der Waals surface area contributed by atoms with Crippen LogP contribution in [0.3, 0.4) is 0 Å².